The highest BCUT2D eigenvalue weighted by Gasteiger charge is 2.25. The van der Waals surface area contributed by atoms with Gasteiger partial charge < -0.3 is 14.4 Å². The highest BCUT2D eigenvalue weighted by Crippen LogP contribution is 2.26. The number of likely N-dealkylation sites (tertiary alicyclic amines) is 1. The van der Waals surface area contributed by atoms with Gasteiger partial charge in [0.15, 0.2) is 0 Å². The van der Waals surface area contributed by atoms with Crippen LogP contribution in [0.3, 0.4) is 0 Å². The molecule has 1 saturated heterocycles. The first-order chi connectivity index (χ1) is 10.7. The molecule has 1 aromatic rings. The molecule has 0 aromatic heterocycles. The maximum Gasteiger partial charge on any atom is 0.255 e. The van der Waals surface area contributed by atoms with E-state index in [1.165, 1.54) is 0 Å². The van der Waals surface area contributed by atoms with Gasteiger partial charge in [-0.1, -0.05) is 5.92 Å². The highest BCUT2D eigenvalue weighted by molar-refractivity contribution is 9.10. The molecule has 22 heavy (non-hydrogen) atoms. The minimum absolute atomic E-state index is 0.0359. The Kier molecular flexibility index (Phi) is 6.29. The summed E-state index contributed by atoms with van der Waals surface area (Å²) in [5.74, 6) is 3.67. The van der Waals surface area contributed by atoms with Crippen molar-refractivity contribution in [3.05, 3.63) is 28.2 Å². The third-order valence-electron chi connectivity index (χ3n) is 3.84. The molecule has 0 unspecified atom stereocenters. The lowest BCUT2D eigenvalue weighted by Gasteiger charge is -2.32. The van der Waals surface area contributed by atoms with E-state index >= 15 is 0 Å². The Labute approximate surface area is 139 Å². The van der Waals surface area contributed by atoms with Crippen LogP contribution in [0.25, 0.3) is 0 Å². The number of terminal acetylenes is 1. The predicted molar refractivity (Wildman–Crippen MR) is 89.0 cm³/mol. The van der Waals surface area contributed by atoms with E-state index in [1.807, 2.05) is 17.0 Å². The average Bonchev–Trinajstić information content (AvgIpc) is 2.55. The average molecular weight is 366 g/mol. The molecule has 0 atom stereocenters. The summed E-state index contributed by atoms with van der Waals surface area (Å²) in [5.41, 5.74) is 0.640. The lowest BCUT2D eigenvalue weighted by atomic mass is 9.97. The van der Waals surface area contributed by atoms with Gasteiger partial charge in [0.25, 0.3) is 5.91 Å². The molecular weight excluding hydrogens is 346 g/mol. The number of carbonyl (C=O) groups excluding carboxylic acids is 1. The van der Waals surface area contributed by atoms with Crippen LogP contribution < -0.4 is 4.74 Å². The van der Waals surface area contributed by atoms with E-state index in [0.717, 1.165) is 30.4 Å². The molecule has 5 heteroatoms. The molecular formula is C17H20BrNO3. The Hall–Kier alpha value is -1.51. The molecule has 0 aliphatic carbocycles. The molecule has 4 nitrogen and oxygen atoms in total. The SMILES string of the molecule is C#CCOCC1CCN(C(=O)c2cc(OC)ccc2Br)CC1. The number of carbonyl (C=O) groups is 1. The molecule has 0 saturated carbocycles. The number of piperidine rings is 1. The largest absolute Gasteiger partial charge is 0.497 e. The number of hydrogen-bond acceptors (Lipinski definition) is 3. The zero-order valence-corrected chi connectivity index (χ0v) is 14.3. The summed E-state index contributed by atoms with van der Waals surface area (Å²) in [6.45, 7) is 2.52. The number of benzene rings is 1. The van der Waals surface area contributed by atoms with Crippen LogP contribution in [-0.2, 0) is 4.74 Å². The summed E-state index contributed by atoms with van der Waals surface area (Å²) in [7, 11) is 1.60. The van der Waals surface area contributed by atoms with Crippen molar-refractivity contribution < 1.29 is 14.3 Å². The fourth-order valence-corrected chi connectivity index (χ4v) is 2.97. The first-order valence-electron chi connectivity index (χ1n) is 7.29. The van der Waals surface area contributed by atoms with Crippen molar-refractivity contribution in [3.63, 3.8) is 0 Å². The maximum atomic E-state index is 12.6. The number of hydrogen-bond donors (Lipinski definition) is 0. The first kappa shape index (κ1) is 16.9. The predicted octanol–water partition coefficient (Wildman–Crippen LogP) is 2.96. The lowest BCUT2D eigenvalue weighted by molar-refractivity contribution is 0.0581. The molecule has 1 heterocycles. The van der Waals surface area contributed by atoms with Crippen LogP contribution in [0.5, 0.6) is 5.75 Å². The number of methoxy groups -OCH3 is 1. The number of rotatable bonds is 5. The van der Waals surface area contributed by atoms with Crippen LogP contribution in [0, 0.1) is 18.3 Å². The van der Waals surface area contributed by atoms with E-state index in [4.69, 9.17) is 15.9 Å². The molecule has 1 fully saturated rings. The molecule has 0 radical (unpaired) electrons. The minimum Gasteiger partial charge on any atom is -0.497 e. The fourth-order valence-electron chi connectivity index (χ4n) is 2.55. The summed E-state index contributed by atoms with van der Waals surface area (Å²) in [6.07, 6.45) is 7.05. The Morgan fingerprint density at radius 3 is 2.82 bits per heavy atom. The van der Waals surface area contributed by atoms with Gasteiger partial charge in [-0.2, -0.15) is 0 Å². The van der Waals surface area contributed by atoms with E-state index in [2.05, 4.69) is 21.9 Å². The first-order valence-corrected chi connectivity index (χ1v) is 8.09. The standard InChI is InChI=1S/C17H20BrNO3/c1-3-10-22-12-13-6-8-19(9-7-13)17(20)15-11-14(21-2)4-5-16(15)18/h1,4-5,11,13H,6-10,12H2,2H3. The third kappa shape index (κ3) is 4.25. The van der Waals surface area contributed by atoms with Crippen LogP contribution >= 0.6 is 15.9 Å². The van der Waals surface area contributed by atoms with Crippen LogP contribution in [0.2, 0.25) is 0 Å². The van der Waals surface area contributed by atoms with Crippen LogP contribution in [0.15, 0.2) is 22.7 Å². The molecule has 0 spiro atoms. The Balaban J connectivity index is 1.94. The summed E-state index contributed by atoms with van der Waals surface area (Å²) in [4.78, 5) is 14.5. The van der Waals surface area contributed by atoms with Crippen molar-refractivity contribution in [2.45, 2.75) is 12.8 Å². The monoisotopic (exact) mass is 365 g/mol. The highest BCUT2D eigenvalue weighted by atomic mass is 79.9. The minimum atomic E-state index is 0.0359. The van der Waals surface area contributed by atoms with Crippen molar-refractivity contribution in [1.29, 1.82) is 0 Å². The van der Waals surface area contributed by atoms with Crippen molar-refractivity contribution in [2.75, 3.05) is 33.4 Å². The van der Waals surface area contributed by atoms with E-state index in [-0.39, 0.29) is 5.91 Å². The van der Waals surface area contributed by atoms with Gasteiger partial charge in [0.05, 0.1) is 19.3 Å². The normalized spacial score (nSPS) is 15.4. The molecule has 2 rings (SSSR count). The maximum absolute atomic E-state index is 12.6. The fraction of sp³-hybridized carbons (Fsp3) is 0.471. The number of ether oxygens (including phenoxy) is 2. The van der Waals surface area contributed by atoms with Crippen LogP contribution in [0.1, 0.15) is 23.2 Å². The molecule has 0 bridgehead atoms. The molecule has 118 valence electrons. The van der Waals surface area contributed by atoms with Crippen molar-refractivity contribution >= 4 is 21.8 Å². The zero-order chi connectivity index (χ0) is 15.9. The zero-order valence-electron chi connectivity index (χ0n) is 12.7. The van der Waals surface area contributed by atoms with E-state index in [0.29, 0.717) is 30.4 Å². The molecule has 1 aromatic carbocycles. The van der Waals surface area contributed by atoms with Crippen molar-refractivity contribution in [2.24, 2.45) is 5.92 Å². The van der Waals surface area contributed by atoms with Gasteiger partial charge in [-0.15, -0.1) is 6.42 Å². The van der Waals surface area contributed by atoms with Gasteiger partial charge in [-0.25, -0.2) is 0 Å². The van der Waals surface area contributed by atoms with E-state index in [1.54, 1.807) is 13.2 Å². The van der Waals surface area contributed by atoms with Gasteiger partial charge in [0.1, 0.15) is 12.4 Å². The third-order valence-corrected chi connectivity index (χ3v) is 4.54. The van der Waals surface area contributed by atoms with Gasteiger partial charge in [0, 0.05) is 17.6 Å². The molecule has 1 amide bonds. The summed E-state index contributed by atoms with van der Waals surface area (Å²) in [6, 6.07) is 5.44. The number of nitrogens with zero attached hydrogens (tertiary/aromatic N) is 1. The van der Waals surface area contributed by atoms with Gasteiger partial charge in [-0.3, -0.25) is 4.79 Å². The van der Waals surface area contributed by atoms with E-state index < -0.39 is 0 Å². The summed E-state index contributed by atoms with van der Waals surface area (Å²) < 4.78 is 11.4. The topological polar surface area (TPSA) is 38.8 Å². The molecule has 1 aliphatic heterocycles. The lowest BCUT2D eigenvalue weighted by Crippen LogP contribution is -2.39. The summed E-state index contributed by atoms with van der Waals surface area (Å²) >= 11 is 3.44. The van der Waals surface area contributed by atoms with E-state index in [9.17, 15) is 4.79 Å². The van der Waals surface area contributed by atoms with Gasteiger partial charge >= 0.3 is 0 Å². The quantitative estimate of drug-likeness (QED) is 0.594. The smallest absolute Gasteiger partial charge is 0.255 e. The second-order valence-electron chi connectivity index (χ2n) is 5.30. The summed E-state index contributed by atoms with van der Waals surface area (Å²) in [5, 5.41) is 0. The van der Waals surface area contributed by atoms with Gasteiger partial charge in [-0.05, 0) is 52.9 Å². The second-order valence-corrected chi connectivity index (χ2v) is 6.15. The van der Waals surface area contributed by atoms with Crippen molar-refractivity contribution in [3.8, 4) is 18.1 Å². The Bertz CT molecular complexity index is 560. The number of halogens is 1. The van der Waals surface area contributed by atoms with Crippen LogP contribution in [-0.4, -0.2) is 44.2 Å². The molecule has 1 aliphatic rings. The van der Waals surface area contributed by atoms with Gasteiger partial charge in [0.2, 0.25) is 0 Å². The Morgan fingerprint density at radius 1 is 1.45 bits per heavy atom. The van der Waals surface area contributed by atoms with Crippen LogP contribution in [0.4, 0.5) is 0 Å². The molecule has 0 N–H and O–H groups in total. The second kappa shape index (κ2) is 8.21. The van der Waals surface area contributed by atoms with Crippen molar-refractivity contribution in [1.82, 2.24) is 4.90 Å². The number of amides is 1. The Morgan fingerprint density at radius 2 is 2.18 bits per heavy atom.